The SMILES string of the molecule is CCSC1CC(Oc2ncc(C(C)(C)N)c3cc(Cl)ncc23)C1. The van der Waals surface area contributed by atoms with Gasteiger partial charge in [0, 0.05) is 23.2 Å². The van der Waals surface area contributed by atoms with Crippen molar-refractivity contribution in [2.75, 3.05) is 5.75 Å². The number of fused-ring (bicyclic) bond motifs is 1. The summed E-state index contributed by atoms with van der Waals surface area (Å²) in [5, 5.41) is 2.99. The molecule has 6 heteroatoms. The Morgan fingerprint density at radius 3 is 2.70 bits per heavy atom. The Labute approximate surface area is 146 Å². The summed E-state index contributed by atoms with van der Waals surface area (Å²) in [5.74, 6) is 1.78. The minimum absolute atomic E-state index is 0.238. The minimum Gasteiger partial charge on any atom is -0.474 e. The molecule has 0 unspecified atom stereocenters. The van der Waals surface area contributed by atoms with Crippen LogP contribution in [0.4, 0.5) is 0 Å². The van der Waals surface area contributed by atoms with Crippen LogP contribution >= 0.6 is 23.4 Å². The smallest absolute Gasteiger partial charge is 0.223 e. The lowest BCUT2D eigenvalue weighted by Crippen LogP contribution is -2.36. The van der Waals surface area contributed by atoms with Crippen molar-refractivity contribution in [1.29, 1.82) is 0 Å². The molecular weight excluding hydrogens is 330 g/mol. The Bertz CT molecular complexity index is 711. The summed E-state index contributed by atoms with van der Waals surface area (Å²) >= 11 is 8.07. The van der Waals surface area contributed by atoms with Gasteiger partial charge in [-0.05, 0) is 49.5 Å². The van der Waals surface area contributed by atoms with Gasteiger partial charge in [0.2, 0.25) is 5.88 Å². The second-order valence-corrected chi connectivity index (χ2v) is 8.50. The number of hydrogen-bond acceptors (Lipinski definition) is 5. The van der Waals surface area contributed by atoms with Crippen molar-refractivity contribution in [2.45, 2.75) is 50.5 Å². The Morgan fingerprint density at radius 2 is 2.04 bits per heavy atom. The molecule has 23 heavy (non-hydrogen) atoms. The van der Waals surface area contributed by atoms with E-state index in [2.05, 4.69) is 16.9 Å². The zero-order chi connectivity index (χ0) is 16.6. The zero-order valence-electron chi connectivity index (χ0n) is 13.7. The highest BCUT2D eigenvalue weighted by Gasteiger charge is 2.31. The quantitative estimate of drug-likeness (QED) is 0.820. The van der Waals surface area contributed by atoms with E-state index >= 15 is 0 Å². The van der Waals surface area contributed by atoms with Gasteiger partial charge in [-0.1, -0.05) is 18.5 Å². The lowest BCUT2D eigenvalue weighted by Gasteiger charge is -2.34. The number of ether oxygens (including phenoxy) is 1. The van der Waals surface area contributed by atoms with Gasteiger partial charge in [0.25, 0.3) is 0 Å². The standard InChI is InChI=1S/C17H22ClN3OS/c1-4-23-11-5-10(6-11)22-16-13-8-20-15(18)7-12(13)14(9-21-16)17(2,3)19/h7-11H,4-6,19H2,1-3H3. The van der Waals surface area contributed by atoms with Gasteiger partial charge in [0.05, 0.1) is 5.39 Å². The summed E-state index contributed by atoms with van der Waals surface area (Å²) < 4.78 is 6.10. The molecule has 1 saturated carbocycles. The monoisotopic (exact) mass is 351 g/mol. The van der Waals surface area contributed by atoms with Crippen LogP contribution in [0.1, 0.15) is 39.2 Å². The summed E-state index contributed by atoms with van der Waals surface area (Å²) in [4.78, 5) is 8.69. The normalized spacial score (nSPS) is 21.3. The van der Waals surface area contributed by atoms with Gasteiger partial charge >= 0.3 is 0 Å². The number of aromatic nitrogens is 2. The number of hydrogen-bond donors (Lipinski definition) is 1. The highest BCUT2D eigenvalue weighted by atomic mass is 35.5. The molecule has 1 aliphatic rings. The molecule has 0 saturated heterocycles. The molecule has 2 heterocycles. The van der Waals surface area contributed by atoms with E-state index in [9.17, 15) is 0 Å². The predicted molar refractivity (Wildman–Crippen MR) is 97.3 cm³/mol. The zero-order valence-corrected chi connectivity index (χ0v) is 15.2. The van der Waals surface area contributed by atoms with E-state index in [4.69, 9.17) is 22.1 Å². The molecule has 0 atom stereocenters. The molecular formula is C17H22ClN3OS. The molecule has 0 aromatic carbocycles. The van der Waals surface area contributed by atoms with E-state index in [0.717, 1.165) is 34.9 Å². The van der Waals surface area contributed by atoms with Gasteiger partial charge < -0.3 is 10.5 Å². The lowest BCUT2D eigenvalue weighted by atomic mass is 9.93. The van der Waals surface area contributed by atoms with Crippen molar-refractivity contribution in [3.8, 4) is 5.88 Å². The molecule has 0 spiro atoms. The van der Waals surface area contributed by atoms with Crippen molar-refractivity contribution in [2.24, 2.45) is 5.73 Å². The first-order chi connectivity index (χ1) is 10.9. The number of rotatable bonds is 5. The van der Waals surface area contributed by atoms with Crippen LogP contribution < -0.4 is 10.5 Å². The lowest BCUT2D eigenvalue weighted by molar-refractivity contribution is 0.122. The molecule has 2 aromatic heterocycles. The van der Waals surface area contributed by atoms with Crippen molar-refractivity contribution < 1.29 is 4.74 Å². The van der Waals surface area contributed by atoms with Gasteiger partial charge in [0.15, 0.2) is 0 Å². The summed E-state index contributed by atoms with van der Waals surface area (Å²) in [7, 11) is 0. The topological polar surface area (TPSA) is 61.0 Å². The number of nitrogens with two attached hydrogens (primary N) is 1. The van der Waals surface area contributed by atoms with Crippen molar-refractivity contribution in [3.05, 3.63) is 29.2 Å². The minimum atomic E-state index is -0.506. The molecule has 0 bridgehead atoms. The second kappa shape index (κ2) is 6.46. The second-order valence-electron chi connectivity index (χ2n) is 6.54. The molecule has 0 radical (unpaired) electrons. The number of thioether (sulfide) groups is 1. The molecule has 1 fully saturated rings. The van der Waals surface area contributed by atoms with Gasteiger partial charge in [-0.3, -0.25) is 0 Å². The summed E-state index contributed by atoms with van der Waals surface area (Å²) in [6, 6.07) is 1.84. The van der Waals surface area contributed by atoms with Gasteiger partial charge in [-0.25, -0.2) is 9.97 Å². The predicted octanol–water partition coefficient (Wildman–Crippen LogP) is 4.14. The molecule has 1 aliphatic carbocycles. The van der Waals surface area contributed by atoms with Gasteiger partial charge in [0.1, 0.15) is 11.3 Å². The summed E-state index contributed by atoms with van der Waals surface area (Å²) in [6.45, 7) is 6.10. The van der Waals surface area contributed by atoms with Crippen molar-refractivity contribution >= 4 is 34.1 Å². The van der Waals surface area contributed by atoms with E-state index in [0.29, 0.717) is 16.3 Å². The van der Waals surface area contributed by atoms with Crippen LogP contribution in [-0.2, 0) is 5.54 Å². The van der Waals surface area contributed by atoms with Crippen LogP contribution in [0.2, 0.25) is 5.15 Å². The molecule has 2 N–H and O–H groups in total. The van der Waals surface area contributed by atoms with E-state index in [1.54, 1.807) is 12.4 Å². The fraction of sp³-hybridized carbons (Fsp3) is 0.529. The summed E-state index contributed by atoms with van der Waals surface area (Å²) in [6.07, 6.45) is 5.92. The first-order valence-electron chi connectivity index (χ1n) is 7.90. The average molecular weight is 352 g/mol. The molecule has 2 aromatic rings. The third-order valence-electron chi connectivity index (χ3n) is 4.13. The van der Waals surface area contributed by atoms with E-state index < -0.39 is 5.54 Å². The van der Waals surface area contributed by atoms with Crippen LogP contribution in [0, 0.1) is 0 Å². The maximum absolute atomic E-state index is 6.27. The highest BCUT2D eigenvalue weighted by Crippen LogP contribution is 2.37. The Balaban J connectivity index is 1.91. The number of pyridine rings is 2. The molecule has 3 rings (SSSR count). The van der Waals surface area contributed by atoms with E-state index in [1.807, 2.05) is 31.7 Å². The van der Waals surface area contributed by atoms with E-state index in [-0.39, 0.29) is 6.10 Å². The largest absolute Gasteiger partial charge is 0.474 e. The molecule has 0 aliphatic heterocycles. The molecule has 0 amide bonds. The fourth-order valence-corrected chi connectivity index (χ4v) is 4.17. The van der Waals surface area contributed by atoms with Crippen molar-refractivity contribution in [3.63, 3.8) is 0 Å². The molecule has 124 valence electrons. The first kappa shape index (κ1) is 16.8. The summed E-state index contributed by atoms with van der Waals surface area (Å²) in [5.41, 5.74) is 6.70. The number of halogens is 1. The van der Waals surface area contributed by atoms with Gasteiger partial charge in [-0.15, -0.1) is 0 Å². The van der Waals surface area contributed by atoms with E-state index in [1.165, 1.54) is 0 Å². The maximum Gasteiger partial charge on any atom is 0.223 e. The Morgan fingerprint density at radius 1 is 1.30 bits per heavy atom. The average Bonchev–Trinajstić information content (AvgIpc) is 2.43. The number of nitrogens with zero attached hydrogens (tertiary/aromatic N) is 2. The Hall–Kier alpha value is -1.04. The van der Waals surface area contributed by atoms with Crippen LogP contribution in [-0.4, -0.2) is 27.1 Å². The first-order valence-corrected chi connectivity index (χ1v) is 9.33. The van der Waals surface area contributed by atoms with Crippen LogP contribution in [0.25, 0.3) is 10.8 Å². The molecule has 4 nitrogen and oxygen atoms in total. The highest BCUT2D eigenvalue weighted by molar-refractivity contribution is 7.99. The van der Waals surface area contributed by atoms with Crippen molar-refractivity contribution in [1.82, 2.24) is 9.97 Å². The maximum atomic E-state index is 6.27. The fourth-order valence-electron chi connectivity index (χ4n) is 2.84. The van der Waals surface area contributed by atoms with Crippen LogP contribution in [0.5, 0.6) is 5.88 Å². The van der Waals surface area contributed by atoms with Crippen LogP contribution in [0.3, 0.4) is 0 Å². The third kappa shape index (κ3) is 3.57. The third-order valence-corrected chi connectivity index (χ3v) is 5.52. The van der Waals surface area contributed by atoms with Crippen LogP contribution in [0.15, 0.2) is 18.5 Å². The Kier molecular flexibility index (Phi) is 4.72. The van der Waals surface area contributed by atoms with Gasteiger partial charge in [-0.2, -0.15) is 11.8 Å².